The quantitative estimate of drug-likeness (QED) is 0.828. The second-order valence-corrected chi connectivity index (χ2v) is 6.82. The van der Waals surface area contributed by atoms with Gasteiger partial charge in [-0.05, 0) is 28.1 Å². The van der Waals surface area contributed by atoms with Gasteiger partial charge < -0.3 is 9.80 Å². The normalized spacial score (nSPS) is 15.9. The van der Waals surface area contributed by atoms with Crippen molar-refractivity contribution < 1.29 is 9.59 Å². The van der Waals surface area contributed by atoms with Crippen LogP contribution in [-0.2, 0) is 16.0 Å². The molecule has 1 saturated heterocycles. The first-order valence-electron chi connectivity index (χ1n) is 5.84. The van der Waals surface area contributed by atoms with E-state index in [9.17, 15) is 9.59 Å². The minimum atomic E-state index is 0.0873. The maximum Gasteiger partial charge on any atom is 0.227 e. The third-order valence-corrected chi connectivity index (χ3v) is 4.66. The number of piperazine rings is 1. The molecular formula is C12H15BrN2O2S. The zero-order valence-electron chi connectivity index (χ0n) is 10.2. The molecule has 0 aromatic carbocycles. The van der Waals surface area contributed by atoms with Crippen molar-refractivity contribution in [1.29, 1.82) is 0 Å². The topological polar surface area (TPSA) is 40.6 Å². The van der Waals surface area contributed by atoms with Crippen molar-refractivity contribution in [3.05, 3.63) is 20.8 Å². The van der Waals surface area contributed by atoms with Crippen LogP contribution in [0.5, 0.6) is 0 Å². The summed E-state index contributed by atoms with van der Waals surface area (Å²) >= 11 is 4.98. The van der Waals surface area contributed by atoms with Crippen LogP contribution in [0.1, 0.15) is 11.8 Å². The maximum absolute atomic E-state index is 12.1. The molecule has 1 aliphatic heterocycles. The Morgan fingerprint density at radius 1 is 1.22 bits per heavy atom. The van der Waals surface area contributed by atoms with Gasteiger partial charge in [0, 0.05) is 38.0 Å². The van der Waals surface area contributed by atoms with E-state index in [0.717, 1.165) is 8.66 Å². The second kappa shape index (κ2) is 5.84. The van der Waals surface area contributed by atoms with Crippen LogP contribution in [0.3, 0.4) is 0 Å². The Balaban J connectivity index is 1.86. The average Bonchev–Trinajstić information content (AvgIpc) is 2.75. The summed E-state index contributed by atoms with van der Waals surface area (Å²) in [6.07, 6.45) is 0.455. The molecule has 0 N–H and O–H groups in total. The molecule has 0 radical (unpaired) electrons. The van der Waals surface area contributed by atoms with E-state index in [4.69, 9.17) is 0 Å². The predicted octanol–water partition coefficient (Wildman–Crippen LogP) is 1.74. The molecule has 0 bridgehead atoms. The van der Waals surface area contributed by atoms with Crippen LogP contribution in [0.4, 0.5) is 0 Å². The first-order valence-corrected chi connectivity index (χ1v) is 7.44. The van der Waals surface area contributed by atoms with Crippen molar-refractivity contribution in [2.75, 3.05) is 26.2 Å². The Bertz CT molecular complexity index is 453. The Hall–Kier alpha value is -0.880. The van der Waals surface area contributed by atoms with Crippen LogP contribution in [-0.4, -0.2) is 47.8 Å². The van der Waals surface area contributed by atoms with Gasteiger partial charge in [0.05, 0.1) is 10.2 Å². The second-order valence-electron chi connectivity index (χ2n) is 4.27. The summed E-state index contributed by atoms with van der Waals surface area (Å²) in [6.45, 7) is 4.15. The number of thiophene rings is 1. The number of nitrogens with zero attached hydrogens (tertiary/aromatic N) is 2. The van der Waals surface area contributed by atoms with Crippen LogP contribution >= 0.6 is 27.3 Å². The number of rotatable bonds is 2. The summed E-state index contributed by atoms with van der Waals surface area (Å²) in [5.41, 5.74) is 0. The third kappa shape index (κ3) is 3.32. The standard InChI is InChI=1S/C12H15BrN2O2S/c1-9(16)14-4-6-15(7-5-14)12(17)8-10-2-3-11(13)18-10/h2-3H,4-8H2,1H3. The highest BCUT2D eigenvalue weighted by Crippen LogP contribution is 2.23. The molecule has 0 atom stereocenters. The maximum atomic E-state index is 12.1. The molecule has 0 aliphatic carbocycles. The smallest absolute Gasteiger partial charge is 0.227 e. The fraction of sp³-hybridized carbons (Fsp3) is 0.500. The summed E-state index contributed by atoms with van der Waals surface area (Å²) in [5.74, 6) is 0.233. The van der Waals surface area contributed by atoms with Crippen molar-refractivity contribution in [3.63, 3.8) is 0 Å². The summed E-state index contributed by atoms with van der Waals surface area (Å²) in [6, 6.07) is 3.93. The Kier molecular flexibility index (Phi) is 4.40. The molecule has 2 amide bonds. The van der Waals surface area contributed by atoms with Crippen LogP contribution in [0, 0.1) is 0 Å². The van der Waals surface area contributed by atoms with Crippen LogP contribution < -0.4 is 0 Å². The molecule has 1 aliphatic rings. The van der Waals surface area contributed by atoms with E-state index >= 15 is 0 Å². The molecule has 1 aromatic rings. The third-order valence-electron chi connectivity index (χ3n) is 3.03. The lowest BCUT2D eigenvalue weighted by molar-refractivity contribution is -0.137. The summed E-state index contributed by atoms with van der Waals surface area (Å²) in [7, 11) is 0. The molecule has 1 aromatic heterocycles. The lowest BCUT2D eigenvalue weighted by Crippen LogP contribution is -2.50. The van der Waals surface area contributed by atoms with Gasteiger partial charge in [-0.25, -0.2) is 0 Å². The lowest BCUT2D eigenvalue weighted by atomic mass is 10.2. The zero-order valence-corrected chi connectivity index (χ0v) is 12.6. The van der Waals surface area contributed by atoms with Crippen LogP contribution in [0.2, 0.25) is 0 Å². The largest absolute Gasteiger partial charge is 0.339 e. The Labute approximate surface area is 119 Å². The first kappa shape index (κ1) is 13.5. The van der Waals surface area contributed by atoms with E-state index < -0.39 is 0 Å². The average molecular weight is 331 g/mol. The number of carbonyl (C=O) groups is 2. The van der Waals surface area contributed by atoms with Crippen molar-refractivity contribution in [3.8, 4) is 0 Å². The molecule has 0 unspecified atom stereocenters. The highest BCUT2D eigenvalue weighted by Gasteiger charge is 2.22. The SMILES string of the molecule is CC(=O)N1CCN(C(=O)Cc2ccc(Br)s2)CC1. The number of carbonyl (C=O) groups excluding carboxylic acids is 2. The molecule has 18 heavy (non-hydrogen) atoms. The molecular weight excluding hydrogens is 316 g/mol. The highest BCUT2D eigenvalue weighted by atomic mass is 79.9. The lowest BCUT2D eigenvalue weighted by Gasteiger charge is -2.34. The van der Waals surface area contributed by atoms with Gasteiger partial charge in [-0.15, -0.1) is 11.3 Å². The minimum Gasteiger partial charge on any atom is -0.339 e. The molecule has 98 valence electrons. The number of halogens is 1. The van der Waals surface area contributed by atoms with E-state index in [-0.39, 0.29) is 11.8 Å². The number of hydrogen-bond donors (Lipinski definition) is 0. The molecule has 0 saturated carbocycles. The molecule has 1 fully saturated rings. The molecule has 6 heteroatoms. The van der Waals surface area contributed by atoms with Gasteiger partial charge in [0.2, 0.25) is 11.8 Å². The van der Waals surface area contributed by atoms with Gasteiger partial charge in [0.15, 0.2) is 0 Å². The van der Waals surface area contributed by atoms with Gasteiger partial charge in [0.1, 0.15) is 0 Å². The molecule has 2 rings (SSSR count). The van der Waals surface area contributed by atoms with Gasteiger partial charge >= 0.3 is 0 Å². The van der Waals surface area contributed by atoms with Crippen molar-refractivity contribution >= 4 is 39.1 Å². The van der Waals surface area contributed by atoms with Gasteiger partial charge in [-0.1, -0.05) is 0 Å². The van der Waals surface area contributed by atoms with E-state index in [2.05, 4.69) is 15.9 Å². The summed E-state index contributed by atoms with van der Waals surface area (Å²) < 4.78 is 1.05. The van der Waals surface area contributed by atoms with Crippen LogP contribution in [0.15, 0.2) is 15.9 Å². The first-order chi connectivity index (χ1) is 8.56. The zero-order chi connectivity index (χ0) is 13.1. The number of amides is 2. The Morgan fingerprint density at radius 3 is 2.33 bits per heavy atom. The summed E-state index contributed by atoms with van der Waals surface area (Å²) in [4.78, 5) is 27.9. The summed E-state index contributed by atoms with van der Waals surface area (Å²) in [5, 5.41) is 0. The predicted molar refractivity (Wildman–Crippen MR) is 74.6 cm³/mol. The van der Waals surface area contributed by atoms with Gasteiger partial charge in [-0.2, -0.15) is 0 Å². The van der Waals surface area contributed by atoms with E-state index in [1.165, 1.54) is 0 Å². The van der Waals surface area contributed by atoms with Gasteiger partial charge in [-0.3, -0.25) is 9.59 Å². The number of hydrogen-bond acceptors (Lipinski definition) is 3. The molecule has 0 spiro atoms. The van der Waals surface area contributed by atoms with Crippen LogP contribution in [0.25, 0.3) is 0 Å². The highest BCUT2D eigenvalue weighted by molar-refractivity contribution is 9.11. The van der Waals surface area contributed by atoms with Crippen molar-refractivity contribution in [1.82, 2.24) is 9.80 Å². The Morgan fingerprint density at radius 2 is 1.83 bits per heavy atom. The fourth-order valence-corrected chi connectivity index (χ4v) is 3.45. The molecule has 2 heterocycles. The van der Waals surface area contributed by atoms with Crippen molar-refractivity contribution in [2.24, 2.45) is 0 Å². The van der Waals surface area contributed by atoms with Crippen molar-refractivity contribution in [2.45, 2.75) is 13.3 Å². The molecule has 4 nitrogen and oxygen atoms in total. The van der Waals surface area contributed by atoms with Gasteiger partial charge in [0.25, 0.3) is 0 Å². The van der Waals surface area contributed by atoms with E-state index in [1.807, 2.05) is 17.0 Å². The van der Waals surface area contributed by atoms with E-state index in [0.29, 0.717) is 32.6 Å². The fourth-order valence-electron chi connectivity index (χ4n) is 1.98. The minimum absolute atomic E-state index is 0.0873. The monoisotopic (exact) mass is 330 g/mol. The van der Waals surface area contributed by atoms with E-state index in [1.54, 1.807) is 23.2 Å².